The van der Waals surface area contributed by atoms with E-state index < -0.39 is 0 Å². The summed E-state index contributed by atoms with van der Waals surface area (Å²) in [6.07, 6.45) is 13.8. The lowest BCUT2D eigenvalue weighted by molar-refractivity contribution is 0.511. The fraction of sp³-hybridized carbons (Fsp3) is 0.250. The average molecular weight is 208 g/mol. The third kappa shape index (κ3) is 1.65. The smallest absolute Gasteiger partial charge is 0.00867 e. The molecule has 0 radical (unpaired) electrons. The van der Waals surface area contributed by atoms with Crippen molar-refractivity contribution in [2.45, 2.75) is 18.8 Å². The van der Waals surface area contributed by atoms with Gasteiger partial charge in [0.25, 0.3) is 0 Å². The third-order valence-electron chi connectivity index (χ3n) is 3.62. The molecule has 0 heteroatoms. The van der Waals surface area contributed by atoms with Crippen molar-refractivity contribution in [3.8, 4) is 0 Å². The standard InChI is InChI=1S/C16H16/c1-2-7-13(8-3-1)16-12-6-10-14-9-4-5-11-15(14)16/h1-5,7-11,15-16H,6,12H2. The van der Waals surface area contributed by atoms with E-state index in [1.165, 1.54) is 24.0 Å². The van der Waals surface area contributed by atoms with Crippen LogP contribution in [0.2, 0.25) is 0 Å². The lowest BCUT2D eigenvalue weighted by Gasteiger charge is -2.31. The fourth-order valence-electron chi connectivity index (χ4n) is 2.83. The Morgan fingerprint density at radius 2 is 1.88 bits per heavy atom. The summed E-state index contributed by atoms with van der Waals surface area (Å²) in [6.45, 7) is 0. The van der Waals surface area contributed by atoms with Crippen molar-refractivity contribution >= 4 is 0 Å². The molecule has 0 aromatic heterocycles. The summed E-state index contributed by atoms with van der Waals surface area (Å²) < 4.78 is 0. The lowest BCUT2D eigenvalue weighted by Crippen LogP contribution is -2.17. The molecule has 0 aliphatic heterocycles. The summed E-state index contributed by atoms with van der Waals surface area (Å²) >= 11 is 0. The van der Waals surface area contributed by atoms with E-state index in [0.29, 0.717) is 11.8 Å². The minimum atomic E-state index is 0.598. The first-order valence-electron chi connectivity index (χ1n) is 6.05. The molecule has 0 heterocycles. The molecule has 0 nitrogen and oxygen atoms in total. The molecule has 0 bridgehead atoms. The van der Waals surface area contributed by atoms with E-state index in [2.05, 4.69) is 60.7 Å². The van der Waals surface area contributed by atoms with Crippen LogP contribution >= 0.6 is 0 Å². The highest BCUT2D eigenvalue weighted by atomic mass is 14.3. The first-order valence-corrected chi connectivity index (χ1v) is 6.05. The first-order chi connectivity index (χ1) is 7.95. The van der Waals surface area contributed by atoms with Crippen molar-refractivity contribution < 1.29 is 0 Å². The largest absolute Gasteiger partial charge is 0.0807 e. The molecule has 3 rings (SSSR count). The van der Waals surface area contributed by atoms with Crippen LogP contribution in [0.5, 0.6) is 0 Å². The summed E-state index contributed by atoms with van der Waals surface area (Å²) in [5, 5.41) is 0. The summed E-state index contributed by atoms with van der Waals surface area (Å²) in [6, 6.07) is 10.9. The molecule has 0 amide bonds. The van der Waals surface area contributed by atoms with Gasteiger partial charge < -0.3 is 0 Å². The van der Waals surface area contributed by atoms with Crippen LogP contribution in [0.15, 0.2) is 66.3 Å². The Balaban J connectivity index is 1.96. The molecule has 2 aliphatic rings. The predicted molar refractivity (Wildman–Crippen MR) is 68.3 cm³/mol. The van der Waals surface area contributed by atoms with Gasteiger partial charge in [-0.1, -0.05) is 60.7 Å². The summed E-state index contributed by atoms with van der Waals surface area (Å²) in [4.78, 5) is 0. The van der Waals surface area contributed by atoms with E-state index in [4.69, 9.17) is 0 Å². The number of allylic oxidation sites excluding steroid dienone is 6. The monoisotopic (exact) mass is 208 g/mol. The highest BCUT2D eigenvalue weighted by molar-refractivity contribution is 5.39. The molecule has 2 aliphatic carbocycles. The Hall–Kier alpha value is -1.56. The minimum Gasteiger partial charge on any atom is -0.0807 e. The van der Waals surface area contributed by atoms with Gasteiger partial charge in [-0.15, -0.1) is 0 Å². The van der Waals surface area contributed by atoms with Crippen molar-refractivity contribution in [3.63, 3.8) is 0 Å². The minimum absolute atomic E-state index is 0.598. The molecule has 2 atom stereocenters. The van der Waals surface area contributed by atoms with Crippen LogP contribution in [0.25, 0.3) is 0 Å². The maximum atomic E-state index is 2.39. The molecule has 0 fully saturated rings. The number of benzene rings is 1. The van der Waals surface area contributed by atoms with Gasteiger partial charge in [0, 0.05) is 5.92 Å². The van der Waals surface area contributed by atoms with Gasteiger partial charge in [-0.2, -0.15) is 0 Å². The van der Waals surface area contributed by atoms with Gasteiger partial charge in [-0.25, -0.2) is 0 Å². The zero-order valence-corrected chi connectivity index (χ0v) is 9.34. The van der Waals surface area contributed by atoms with Crippen LogP contribution in [0.3, 0.4) is 0 Å². The van der Waals surface area contributed by atoms with E-state index in [-0.39, 0.29) is 0 Å². The second-order valence-corrected chi connectivity index (χ2v) is 4.57. The van der Waals surface area contributed by atoms with Crippen LogP contribution in [0.4, 0.5) is 0 Å². The molecule has 16 heavy (non-hydrogen) atoms. The molecule has 80 valence electrons. The van der Waals surface area contributed by atoms with Crippen LogP contribution in [-0.2, 0) is 0 Å². The Morgan fingerprint density at radius 1 is 1.00 bits per heavy atom. The van der Waals surface area contributed by atoms with Crippen molar-refractivity contribution in [2.75, 3.05) is 0 Å². The molecule has 0 N–H and O–H groups in total. The molecule has 1 aromatic carbocycles. The molecule has 0 saturated carbocycles. The number of hydrogen-bond donors (Lipinski definition) is 0. The quantitative estimate of drug-likeness (QED) is 0.647. The van der Waals surface area contributed by atoms with Crippen LogP contribution in [-0.4, -0.2) is 0 Å². The van der Waals surface area contributed by atoms with Crippen LogP contribution in [0.1, 0.15) is 24.3 Å². The molecule has 0 spiro atoms. The zero-order valence-electron chi connectivity index (χ0n) is 9.34. The van der Waals surface area contributed by atoms with Gasteiger partial charge in [-0.05, 0) is 29.9 Å². The number of fused-ring (bicyclic) bond motifs is 1. The molecule has 2 unspecified atom stereocenters. The molecular formula is C16H16. The second kappa shape index (κ2) is 4.13. The van der Waals surface area contributed by atoms with Crippen molar-refractivity contribution in [1.82, 2.24) is 0 Å². The topological polar surface area (TPSA) is 0 Å². The average Bonchev–Trinajstić information content (AvgIpc) is 2.39. The second-order valence-electron chi connectivity index (χ2n) is 4.57. The van der Waals surface area contributed by atoms with Gasteiger partial charge >= 0.3 is 0 Å². The van der Waals surface area contributed by atoms with Crippen molar-refractivity contribution in [3.05, 3.63) is 71.8 Å². The first kappa shape index (κ1) is 9.65. The van der Waals surface area contributed by atoms with Gasteiger partial charge in [-0.3, -0.25) is 0 Å². The predicted octanol–water partition coefficient (Wildman–Crippen LogP) is 4.23. The number of hydrogen-bond acceptors (Lipinski definition) is 0. The maximum absolute atomic E-state index is 2.39. The Labute approximate surface area is 97.0 Å². The van der Waals surface area contributed by atoms with E-state index in [1.54, 1.807) is 0 Å². The summed E-state index contributed by atoms with van der Waals surface area (Å²) in [5.41, 5.74) is 2.99. The summed E-state index contributed by atoms with van der Waals surface area (Å²) in [5.74, 6) is 1.27. The highest BCUT2D eigenvalue weighted by Crippen LogP contribution is 2.40. The van der Waals surface area contributed by atoms with Crippen LogP contribution < -0.4 is 0 Å². The van der Waals surface area contributed by atoms with Gasteiger partial charge in [0.1, 0.15) is 0 Å². The van der Waals surface area contributed by atoms with Gasteiger partial charge in [0.05, 0.1) is 0 Å². The Bertz CT molecular complexity index is 448. The van der Waals surface area contributed by atoms with E-state index in [9.17, 15) is 0 Å². The highest BCUT2D eigenvalue weighted by Gasteiger charge is 2.26. The SMILES string of the molecule is C1=CC2=CCCC(c3ccccc3)C2C=C1. The van der Waals surface area contributed by atoms with E-state index in [0.717, 1.165) is 0 Å². The Kier molecular flexibility index (Phi) is 2.49. The molecular weight excluding hydrogens is 192 g/mol. The normalized spacial score (nSPS) is 27.4. The number of rotatable bonds is 1. The lowest BCUT2D eigenvalue weighted by atomic mass is 9.73. The maximum Gasteiger partial charge on any atom is 0.00867 e. The molecule has 1 aromatic rings. The van der Waals surface area contributed by atoms with E-state index in [1.807, 2.05) is 0 Å². The van der Waals surface area contributed by atoms with E-state index >= 15 is 0 Å². The molecule has 0 saturated heterocycles. The van der Waals surface area contributed by atoms with Crippen molar-refractivity contribution in [1.29, 1.82) is 0 Å². The zero-order chi connectivity index (χ0) is 10.8. The summed E-state index contributed by atoms with van der Waals surface area (Å²) in [7, 11) is 0. The third-order valence-corrected chi connectivity index (χ3v) is 3.62. The fourth-order valence-corrected chi connectivity index (χ4v) is 2.83. The van der Waals surface area contributed by atoms with Crippen LogP contribution in [0, 0.1) is 5.92 Å². The van der Waals surface area contributed by atoms with Gasteiger partial charge in [0.15, 0.2) is 0 Å². The Morgan fingerprint density at radius 3 is 2.75 bits per heavy atom. The van der Waals surface area contributed by atoms with Gasteiger partial charge in [0.2, 0.25) is 0 Å². The van der Waals surface area contributed by atoms with Crippen molar-refractivity contribution in [2.24, 2.45) is 5.92 Å².